The predicted molar refractivity (Wildman–Crippen MR) is 76.6 cm³/mol. The Morgan fingerprint density at radius 1 is 0.889 bits per heavy atom. The lowest BCUT2D eigenvalue weighted by Crippen LogP contribution is -1.95. The molecule has 2 N–H and O–H groups in total. The second-order valence-corrected chi connectivity index (χ2v) is 3.83. The molecule has 4 heteroatoms. The van der Waals surface area contributed by atoms with Crippen molar-refractivity contribution in [3.8, 4) is 11.4 Å². The van der Waals surface area contributed by atoms with E-state index in [2.05, 4.69) is 9.97 Å². The number of nitrogen functional groups attached to an aromatic ring is 1. The van der Waals surface area contributed by atoms with Gasteiger partial charge in [0.2, 0.25) is 0 Å². The first-order valence-corrected chi connectivity index (χ1v) is 5.41. The third kappa shape index (κ3) is 2.13. The van der Waals surface area contributed by atoms with Crippen molar-refractivity contribution in [3.63, 3.8) is 0 Å². The summed E-state index contributed by atoms with van der Waals surface area (Å²) in [5, 5.41) is 2.06. The fourth-order valence-electron chi connectivity index (χ4n) is 1.87. The molecule has 0 aliphatic rings. The van der Waals surface area contributed by atoms with Crippen LogP contribution in [0.1, 0.15) is 0 Å². The van der Waals surface area contributed by atoms with Gasteiger partial charge in [-0.05, 0) is 23.6 Å². The van der Waals surface area contributed by atoms with E-state index in [0.717, 1.165) is 22.2 Å². The van der Waals surface area contributed by atoms with Crippen molar-refractivity contribution in [2.24, 2.45) is 0 Å². The van der Waals surface area contributed by atoms with Crippen LogP contribution in [-0.2, 0) is 0 Å². The molecule has 0 unspecified atom stereocenters. The summed E-state index contributed by atoms with van der Waals surface area (Å²) in [6.07, 6.45) is 1.75. The van der Waals surface area contributed by atoms with E-state index in [-0.39, 0.29) is 12.4 Å². The van der Waals surface area contributed by atoms with Crippen molar-refractivity contribution in [1.29, 1.82) is 0 Å². The topological polar surface area (TPSA) is 51.8 Å². The number of halogens is 1. The smallest absolute Gasteiger partial charge is 0.132 e. The second-order valence-electron chi connectivity index (χ2n) is 3.83. The molecule has 0 fully saturated rings. The Kier molecular flexibility index (Phi) is 3.44. The van der Waals surface area contributed by atoms with Crippen molar-refractivity contribution < 1.29 is 0 Å². The fourth-order valence-corrected chi connectivity index (χ4v) is 1.87. The van der Waals surface area contributed by atoms with E-state index < -0.39 is 0 Å². The minimum Gasteiger partial charge on any atom is -0.383 e. The third-order valence-corrected chi connectivity index (χ3v) is 2.70. The molecule has 90 valence electrons. The molecule has 3 aromatic rings. The monoisotopic (exact) mass is 257 g/mol. The standard InChI is InChI=1S/C14H11N3.ClH/c15-14-11-6-2-1-5-10(11)9-13(17-14)12-7-3-4-8-16-12;/h1-9H,(H2,15,17);1H. The van der Waals surface area contributed by atoms with Gasteiger partial charge >= 0.3 is 0 Å². The van der Waals surface area contributed by atoms with Crippen molar-refractivity contribution in [2.45, 2.75) is 0 Å². The highest BCUT2D eigenvalue weighted by Crippen LogP contribution is 2.24. The van der Waals surface area contributed by atoms with Crippen LogP contribution < -0.4 is 5.73 Å². The molecule has 0 aliphatic heterocycles. The van der Waals surface area contributed by atoms with Crippen LogP contribution in [0.5, 0.6) is 0 Å². The lowest BCUT2D eigenvalue weighted by molar-refractivity contribution is 1.26. The number of aromatic nitrogens is 2. The summed E-state index contributed by atoms with van der Waals surface area (Å²) in [5.41, 5.74) is 7.60. The average molecular weight is 258 g/mol. The number of benzene rings is 1. The molecule has 2 aromatic heterocycles. The maximum Gasteiger partial charge on any atom is 0.132 e. The molecule has 0 radical (unpaired) electrons. The zero-order valence-corrected chi connectivity index (χ0v) is 10.4. The molecule has 0 saturated carbocycles. The summed E-state index contributed by atoms with van der Waals surface area (Å²) in [5.74, 6) is 0.545. The fraction of sp³-hybridized carbons (Fsp3) is 0. The highest BCUT2D eigenvalue weighted by Gasteiger charge is 2.05. The number of hydrogen-bond acceptors (Lipinski definition) is 3. The van der Waals surface area contributed by atoms with Gasteiger partial charge in [-0.25, -0.2) is 4.98 Å². The van der Waals surface area contributed by atoms with Gasteiger partial charge in [-0.2, -0.15) is 0 Å². The maximum absolute atomic E-state index is 5.96. The van der Waals surface area contributed by atoms with Gasteiger partial charge in [0.25, 0.3) is 0 Å². The summed E-state index contributed by atoms with van der Waals surface area (Å²) in [6, 6.07) is 15.7. The minimum absolute atomic E-state index is 0. The molecule has 0 amide bonds. The highest BCUT2D eigenvalue weighted by atomic mass is 35.5. The first-order valence-electron chi connectivity index (χ1n) is 5.41. The summed E-state index contributed by atoms with van der Waals surface area (Å²) < 4.78 is 0. The highest BCUT2D eigenvalue weighted by molar-refractivity contribution is 5.93. The molecular weight excluding hydrogens is 246 g/mol. The van der Waals surface area contributed by atoms with Crippen molar-refractivity contribution in [2.75, 3.05) is 5.73 Å². The maximum atomic E-state index is 5.96. The molecule has 1 aromatic carbocycles. The summed E-state index contributed by atoms with van der Waals surface area (Å²) >= 11 is 0. The van der Waals surface area contributed by atoms with E-state index in [9.17, 15) is 0 Å². The van der Waals surface area contributed by atoms with Gasteiger partial charge in [-0.3, -0.25) is 4.98 Å². The lowest BCUT2D eigenvalue weighted by Gasteiger charge is -2.05. The zero-order chi connectivity index (χ0) is 11.7. The van der Waals surface area contributed by atoms with Crippen LogP contribution in [0, 0.1) is 0 Å². The molecule has 2 heterocycles. The first-order chi connectivity index (χ1) is 8.34. The zero-order valence-electron chi connectivity index (χ0n) is 9.58. The van der Waals surface area contributed by atoms with E-state index in [1.165, 1.54) is 0 Å². The Labute approximate surface area is 111 Å². The molecule has 3 nitrogen and oxygen atoms in total. The van der Waals surface area contributed by atoms with E-state index in [1.54, 1.807) is 6.20 Å². The van der Waals surface area contributed by atoms with Crippen LogP contribution in [0.4, 0.5) is 5.82 Å². The number of hydrogen-bond donors (Lipinski definition) is 1. The van der Waals surface area contributed by atoms with Gasteiger partial charge in [0.1, 0.15) is 5.82 Å². The Morgan fingerprint density at radius 2 is 1.67 bits per heavy atom. The normalized spacial score (nSPS) is 10.0. The number of fused-ring (bicyclic) bond motifs is 1. The van der Waals surface area contributed by atoms with E-state index in [1.807, 2.05) is 48.5 Å². The molecule has 3 rings (SSSR count). The van der Waals surface area contributed by atoms with Gasteiger partial charge in [0, 0.05) is 11.6 Å². The summed E-state index contributed by atoms with van der Waals surface area (Å²) in [6.45, 7) is 0. The van der Waals surface area contributed by atoms with Gasteiger partial charge in [0.05, 0.1) is 11.4 Å². The average Bonchev–Trinajstić information content (AvgIpc) is 2.40. The SMILES string of the molecule is Cl.Nc1nc(-c2ccccn2)cc2ccccc12. The first kappa shape index (κ1) is 12.3. The molecule has 0 saturated heterocycles. The number of nitrogens with zero attached hydrogens (tertiary/aromatic N) is 2. The molecule has 0 bridgehead atoms. The van der Waals surface area contributed by atoms with Gasteiger partial charge in [-0.15, -0.1) is 12.4 Å². The second kappa shape index (κ2) is 5.02. The number of nitrogens with two attached hydrogens (primary N) is 1. The van der Waals surface area contributed by atoms with Gasteiger partial charge < -0.3 is 5.73 Å². The van der Waals surface area contributed by atoms with E-state index in [4.69, 9.17) is 5.73 Å². The van der Waals surface area contributed by atoms with Crippen LogP contribution in [0.25, 0.3) is 22.2 Å². The number of anilines is 1. The number of pyridine rings is 2. The van der Waals surface area contributed by atoms with E-state index in [0.29, 0.717) is 5.82 Å². The largest absolute Gasteiger partial charge is 0.383 e. The van der Waals surface area contributed by atoms with Gasteiger partial charge in [-0.1, -0.05) is 30.3 Å². The van der Waals surface area contributed by atoms with Crippen LogP contribution in [-0.4, -0.2) is 9.97 Å². The summed E-state index contributed by atoms with van der Waals surface area (Å²) in [7, 11) is 0. The van der Waals surface area contributed by atoms with Crippen LogP contribution in [0.3, 0.4) is 0 Å². The Hall–Kier alpha value is -2.13. The lowest BCUT2D eigenvalue weighted by atomic mass is 10.1. The molecule has 0 aliphatic carbocycles. The Bertz CT molecular complexity index is 668. The van der Waals surface area contributed by atoms with E-state index >= 15 is 0 Å². The van der Waals surface area contributed by atoms with Crippen LogP contribution in [0.15, 0.2) is 54.7 Å². The molecular formula is C14H12ClN3. The molecule has 0 atom stereocenters. The van der Waals surface area contributed by atoms with Crippen LogP contribution in [0.2, 0.25) is 0 Å². The Balaban J connectivity index is 0.00000120. The predicted octanol–water partition coefficient (Wildman–Crippen LogP) is 3.30. The minimum atomic E-state index is 0. The molecule has 0 spiro atoms. The molecule has 18 heavy (non-hydrogen) atoms. The Morgan fingerprint density at radius 3 is 2.44 bits per heavy atom. The van der Waals surface area contributed by atoms with Crippen molar-refractivity contribution in [1.82, 2.24) is 9.97 Å². The van der Waals surface area contributed by atoms with Crippen LogP contribution >= 0.6 is 12.4 Å². The van der Waals surface area contributed by atoms with Gasteiger partial charge in [0.15, 0.2) is 0 Å². The quantitative estimate of drug-likeness (QED) is 0.728. The van der Waals surface area contributed by atoms with Crippen molar-refractivity contribution in [3.05, 3.63) is 54.7 Å². The van der Waals surface area contributed by atoms with Crippen molar-refractivity contribution >= 4 is 29.0 Å². The summed E-state index contributed by atoms with van der Waals surface area (Å²) in [4.78, 5) is 8.67. The third-order valence-electron chi connectivity index (χ3n) is 2.70. The number of rotatable bonds is 1.